The number of carbonyl (C=O) groups is 2. The maximum Gasteiger partial charge on any atom is 0.334 e. The molecule has 2 amide bonds. The molecule has 3 aromatic rings. The number of benzene rings is 3. The zero-order valence-electron chi connectivity index (χ0n) is 16.3. The van der Waals surface area contributed by atoms with E-state index in [1.54, 1.807) is 60.7 Å². The largest absolute Gasteiger partial charge is 0.484 e. The van der Waals surface area contributed by atoms with E-state index >= 15 is 0 Å². The first kappa shape index (κ1) is 20.2. The second kappa shape index (κ2) is 8.76. The molecule has 0 radical (unpaired) electrons. The molecule has 1 fully saturated rings. The lowest BCUT2D eigenvalue weighted by atomic mass is 10.1. The minimum absolute atomic E-state index is 0.0373. The second-order valence-corrected chi connectivity index (χ2v) is 6.83. The van der Waals surface area contributed by atoms with Gasteiger partial charge in [-0.1, -0.05) is 42.5 Å². The van der Waals surface area contributed by atoms with Crippen LogP contribution in [0.2, 0.25) is 0 Å². The van der Waals surface area contributed by atoms with Crippen LogP contribution in [0.5, 0.6) is 5.75 Å². The quantitative estimate of drug-likeness (QED) is 0.250. The van der Waals surface area contributed by atoms with E-state index in [0.717, 1.165) is 4.90 Å². The molecule has 156 valence electrons. The molecule has 3 aromatic carbocycles. The molecule has 0 bridgehead atoms. The Bertz CT molecular complexity index is 1060. The van der Waals surface area contributed by atoms with Gasteiger partial charge in [0.15, 0.2) is 5.75 Å². The zero-order valence-corrected chi connectivity index (χ0v) is 16.3. The van der Waals surface area contributed by atoms with Crippen LogP contribution in [-0.2, 0) is 4.74 Å². The molecular weight excluding hydrogens is 400 g/mol. The molecule has 0 N–H and O–H groups in total. The van der Waals surface area contributed by atoms with Gasteiger partial charge in [-0.3, -0.25) is 19.7 Å². The third kappa shape index (κ3) is 4.44. The average molecular weight is 418 g/mol. The maximum absolute atomic E-state index is 13.3. The number of epoxide rings is 1. The number of rotatable bonds is 7. The maximum atomic E-state index is 13.3. The molecule has 1 aliphatic rings. The molecule has 0 aromatic heterocycles. The van der Waals surface area contributed by atoms with E-state index in [0.29, 0.717) is 6.61 Å². The summed E-state index contributed by atoms with van der Waals surface area (Å²) in [5.74, 6) is -1.40. The topological polar surface area (TPSA) is 102 Å². The van der Waals surface area contributed by atoms with Gasteiger partial charge in [0.2, 0.25) is 0 Å². The first-order chi connectivity index (χ1) is 15.1. The van der Waals surface area contributed by atoms with Gasteiger partial charge in [0, 0.05) is 11.1 Å². The Labute approximate surface area is 177 Å². The number of para-hydroxylation sites is 1. The average Bonchev–Trinajstić information content (AvgIpc) is 3.63. The first-order valence-electron chi connectivity index (χ1n) is 9.57. The van der Waals surface area contributed by atoms with Gasteiger partial charge in [-0.15, -0.1) is 0 Å². The number of ether oxygens (including phenoxy) is 2. The Hall–Kier alpha value is -4.04. The molecule has 1 unspecified atom stereocenters. The third-order valence-electron chi connectivity index (χ3n) is 4.68. The van der Waals surface area contributed by atoms with Gasteiger partial charge in [-0.25, -0.2) is 4.90 Å². The number of carbonyl (C=O) groups excluding carboxylic acids is 2. The van der Waals surface area contributed by atoms with Crippen molar-refractivity contribution < 1.29 is 24.0 Å². The smallest absolute Gasteiger partial charge is 0.334 e. The number of anilines is 1. The Balaban J connectivity index is 1.82. The molecule has 0 saturated carbocycles. The van der Waals surface area contributed by atoms with Gasteiger partial charge < -0.3 is 9.47 Å². The molecule has 8 nitrogen and oxygen atoms in total. The van der Waals surface area contributed by atoms with Gasteiger partial charge in [0.05, 0.1) is 11.5 Å². The number of hydrogen-bond donors (Lipinski definition) is 0. The zero-order chi connectivity index (χ0) is 21.8. The van der Waals surface area contributed by atoms with Crippen LogP contribution in [0.3, 0.4) is 0 Å². The minimum Gasteiger partial charge on any atom is -0.484 e. The van der Waals surface area contributed by atoms with Crippen LogP contribution in [0.4, 0.5) is 11.4 Å². The molecule has 1 heterocycles. The van der Waals surface area contributed by atoms with E-state index in [-0.39, 0.29) is 35.3 Å². The molecule has 1 saturated heterocycles. The van der Waals surface area contributed by atoms with Gasteiger partial charge in [0.25, 0.3) is 11.8 Å². The first-order valence-corrected chi connectivity index (χ1v) is 9.57. The lowest BCUT2D eigenvalue weighted by molar-refractivity contribution is -0.385. The highest BCUT2D eigenvalue weighted by Crippen LogP contribution is 2.39. The molecule has 0 spiro atoms. The van der Waals surface area contributed by atoms with Crippen molar-refractivity contribution in [3.63, 3.8) is 0 Å². The lowest BCUT2D eigenvalue weighted by Crippen LogP contribution is -2.37. The Morgan fingerprint density at radius 1 is 0.935 bits per heavy atom. The van der Waals surface area contributed by atoms with Crippen molar-refractivity contribution in [1.29, 1.82) is 0 Å². The number of imide groups is 1. The number of amides is 2. The SMILES string of the molecule is O=C(c1ccccc1)N(C(=O)c1ccccc1)c1cccc(OCC2CO2)c1[N+](=O)[O-]. The fraction of sp³-hybridized carbons (Fsp3) is 0.130. The van der Waals surface area contributed by atoms with E-state index in [9.17, 15) is 19.7 Å². The lowest BCUT2D eigenvalue weighted by Gasteiger charge is -2.22. The summed E-state index contributed by atoms with van der Waals surface area (Å²) < 4.78 is 10.7. The van der Waals surface area contributed by atoms with Crippen LogP contribution in [0.1, 0.15) is 20.7 Å². The molecule has 4 rings (SSSR count). The predicted octanol–water partition coefficient (Wildman–Crippen LogP) is 3.86. The van der Waals surface area contributed by atoms with Crippen molar-refractivity contribution in [3.05, 3.63) is 100 Å². The van der Waals surface area contributed by atoms with Crippen molar-refractivity contribution >= 4 is 23.2 Å². The van der Waals surface area contributed by atoms with Crippen LogP contribution >= 0.6 is 0 Å². The molecule has 1 atom stereocenters. The monoisotopic (exact) mass is 418 g/mol. The number of hydrogen-bond acceptors (Lipinski definition) is 6. The van der Waals surface area contributed by atoms with E-state index in [4.69, 9.17) is 9.47 Å². The summed E-state index contributed by atoms with van der Waals surface area (Å²) in [6, 6.07) is 20.6. The van der Waals surface area contributed by atoms with Crippen LogP contribution in [-0.4, -0.2) is 36.1 Å². The minimum atomic E-state index is -0.680. The summed E-state index contributed by atoms with van der Waals surface area (Å²) in [5, 5.41) is 12.0. The molecular formula is C23H18N2O6. The summed E-state index contributed by atoms with van der Waals surface area (Å²) in [7, 11) is 0. The highest BCUT2D eigenvalue weighted by Gasteiger charge is 2.34. The van der Waals surface area contributed by atoms with E-state index < -0.39 is 22.4 Å². The van der Waals surface area contributed by atoms with E-state index in [1.807, 2.05) is 0 Å². The van der Waals surface area contributed by atoms with Crippen LogP contribution in [0, 0.1) is 10.1 Å². The summed E-state index contributed by atoms with van der Waals surface area (Å²) in [6.45, 7) is 0.669. The second-order valence-electron chi connectivity index (χ2n) is 6.83. The number of nitrogens with zero attached hydrogens (tertiary/aromatic N) is 2. The number of nitro benzene ring substituents is 1. The Morgan fingerprint density at radius 2 is 1.48 bits per heavy atom. The molecule has 0 aliphatic carbocycles. The van der Waals surface area contributed by atoms with Crippen LogP contribution < -0.4 is 9.64 Å². The summed E-state index contributed by atoms with van der Waals surface area (Å²) in [5.41, 5.74) is -0.184. The van der Waals surface area contributed by atoms with Crippen molar-refractivity contribution in [1.82, 2.24) is 0 Å². The van der Waals surface area contributed by atoms with Crippen molar-refractivity contribution in [3.8, 4) is 5.75 Å². The van der Waals surface area contributed by atoms with Gasteiger partial charge in [-0.05, 0) is 36.4 Å². The molecule has 31 heavy (non-hydrogen) atoms. The predicted molar refractivity (Wildman–Crippen MR) is 112 cm³/mol. The van der Waals surface area contributed by atoms with Gasteiger partial charge in [0.1, 0.15) is 18.4 Å². The van der Waals surface area contributed by atoms with Gasteiger partial charge in [-0.2, -0.15) is 0 Å². The van der Waals surface area contributed by atoms with Crippen molar-refractivity contribution in [2.75, 3.05) is 18.1 Å². The highest BCUT2D eigenvalue weighted by molar-refractivity contribution is 6.26. The number of nitro groups is 1. The van der Waals surface area contributed by atoms with Gasteiger partial charge >= 0.3 is 5.69 Å². The summed E-state index contributed by atoms with van der Waals surface area (Å²) >= 11 is 0. The molecule has 1 aliphatic heterocycles. The Kier molecular flexibility index (Phi) is 5.72. The van der Waals surface area contributed by atoms with Crippen molar-refractivity contribution in [2.45, 2.75) is 6.10 Å². The summed E-state index contributed by atoms with van der Waals surface area (Å²) in [6.07, 6.45) is -0.115. The summed E-state index contributed by atoms with van der Waals surface area (Å²) in [4.78, 5) is 38.8. The van der Waals surface area contributed by atoms with Crippen molar-refractivity contribution in [2.24, 2.45) is 0 Å². The standard InChI is InChI=1S/C23H18N2O6/c26-22(16-8-3-1-4-9-16)24(23(27)17-10-5-2-6-11-17)19-12-7-13-20(21(19)25(28)29)31-15-18-14-30-18/h1-13,18H,14-15H2. The fourth-order valence-electron chi connectivity index (χ4n) is 3.07. The molecule has 8 heteroatoms. The normalized spacial score (nSPS) is 14.5. The highest BCUT2D eigenvalue weighted by atomic mass is 16.6. The van der Waals surface area contributed by atoms with E-state index in [1.165, 1.54) is 18.2 Å². The van der Waals surface area contributed by atoms with Crippen LogP contribution in [0.15, 0.2) is 78.9 Å². The fourth-order valence-corrected chi connectivity index (χ4v) is 3.07. The Morgan fingerprint density at radius 3 is 1.97 bits per heavy atom. The third-order valence-corrected chi connectivity index (χ3v) is 4.68. The van der Waals surface area contributed by atoms with E-state index in [2.05, 4.69) is 0 Å². The van der Waals surface area contributed by atoms with Crippen LogP contribution in [0.25, 0.3) is 0 Å².